The number of nitrogens with zero attached hydrogens (tertiary/aromatic N) is 2. The van der Waals surface area contributed by atoms with Crippen molar-refractivity contribution in [2.75, 3.05) is 38.0 Å². The summed E-state index contributed by atoms with van der Waals surface area (Å²) in [6.45, 7) is 1.22. The molecule has 26 heavy (non-hydrogen) atoms. The monoisotopic (exact) mass is 352 g/mol. The van der Waals surface area contributed by atoms with E-state index in [1.807, 2.05) is 24.3 Å². The lowest BCUT2D eigenvalue weighted by Gasteiger charge is -2.12. The molecular weight excluding hydrogens is 332 g/mol. The number of carbonyl (C=O) groups is 1. The summed E-state index contributed by atoms with van der Waals surface area (Å²) in [5, 5.41) is 7.37. The standard InChI is InChI=1S/C19H20N4O3/c1-25-12-11-20-17-15-5-3-4-6-16(15)22-19(23-17)21-14-9-7-13(8-10-14)18(24)26-2/h3-10H,11-12H2,1-2H3,(H2,20,21,22,23). The van der Waals surface area contributed by atoms with Crippen LogP contribution in [0.25, 0.3) is 10.9 Å². The molecule has 7 nitrogen and oxygen atoms in total. The first-order valence-corrected chi connectivity index (χ1v) is 8.16. The predicted molar refractivity (Wildman–Crippen MR) is 101 cm³/mol. The van der Waals surface area contributed by atoms with Gasteiger partial charge in [0.05, 0.1) is 24.8 Å². The van der Waals surface area contributed by atoms with Crippen LogP contribution in [0.1, 0.15) is 10.4 Å². The number of anilines is 3. The zero-order chi connectivity index (χ0) is 18.4. The molecule has 0 saturated carbocycles. The minimum Gasteiger partial charge on any atom is -0.465 e. The molecule has 0 fully saturated rings. The molecule has 3 rings (SSSR count). The first-order valence-electron chi connectivity index (χ1n) is 8.16. The number of para-hydroxylation sites is 1. The van der Waals surface area contributed by atoms with Crippen molar-refractivity contribution in [3.05, 3.63) is 54.1 Å². The minimum atomic E-state index is -0.372. The lowest BCUT2D eigenvalue weighted by molar-refractivity contribution is 0.0601. The van der Waals surface area contributed by atoms with Crippen molar-refractivity contribution < 1.29 is 14.3 Å². The first-order chi connectivity index (χ1) is 12.7. The van der Waals surface area contributed by atoms with E-state index in [0.717, 1.165) is 22.4 Å². The molecule has 1 heterocycles. The van der Waals surface area contributed by atoms with E-state index in [2.05, 4.69) is 20.6 Å². The molecule has 0 amide bonds. The highest BCUT2D eigenvalue weighted by Crippen LogP contribution is 2.23. The summed E-state index contributed by atoms with van der Waals surface area (Å²) in [6.07, 6.45) is 0. The van der Waals surface area contributed by atoms with Crippen LogP contribution in [-0.2, 0) is 9.47 Å². The van der Waals surface area contributed by atoms with Crippen LogP contribution >= 0.6 is 0 Å². The van der Waals surface area contributed by atoms with E-state index in [9.17, 15) is 4.79 Å². The molecular formula is C19H20N4O3. The smallest absolute Gasteiger partial charge is 0.337 e. The zero-order valence-corrected chi connectivity index (χ0v) is 14.7. The van der Waals surface area contributed by atoms with Gasteiger partial charge in [-0.05, 0) is 36.4 Å². The van der Waals surface area contributed by atoms with Crippen LogP contribution in [0.4, 0.5) is 17.5 Å². The quantitative estimate of drug-likeness (QED) is 0.499. The van der Waals surface area contributed by atoms with Gasteiger partial charge in [-0.1, -0.05) is 12.1 Å². The van der Waals surface area contributed by atoms with Crippen LogP contribution in [-0.4, -0.2) is 43.3 Å². The van der Waals surface area contributed by atoms with Crippen molar-refractivity contribution in [1.82, 2.24) is 9.97 Å². The second-order valence-electron chi connectivity index (χ2n) is 5.53. The van der Waals surface area contributed by atoms with E-state index in [-0.39, 0.29) is 5.97 Å². The minimum absolute atomic E-state index is 0.372. The number of rotatable bonds is 7. The van der Waals surface area contributed by atoms with E-state index >= 15 is 0 Å². The molecule has 0 atom stereocenters. The highest BCUT2D eigenvalue weighted by Gasteiger charge is 2.09. The van der Waals surface area contributed by atoms with Crippen LogP contribution in [0.2, 0.25) is 0 Å². The molecule has 3 aromatic rings. The number of fused-ring (bicyclic) bond motifs is 1. The fraction of sp³-hybridized carbons (Fsp3) is 0.211. The Labute approximate surface area is 151 Å². The Kier molecular flexibility index (Phi) is 5.60. The Morgan fingerprint density at radius 1 is 1.04 bits per heavy atom. The average molecular weight is 352 g/mol. The Balaban J connectivity index is 1.86. The Bertz CT molecular complexity index is 897. The molecule has 0 bridgehead atoms. The summed E-state index contributed by atoms with van der Waals surface area (Å²) in [7, 11) is 3.01. The number of nitrogens with one attached hydrogen (secondary N) is 2. The Morgan fingerprint density at radius 2 is 1.81 bits per heavy atom. The van der Waals surface area contributed by atoms with E-state index in [4.69, 9.17) is 9.47 Å². The van der Waals surface area contributed by atoms with Gasteiger partial charge in [-0.3, -0.25) is 0 Å². The van der Waals surface area contributed by atoms with Gasteiger partial charge < -0.3 is 20.1 Å². The van der Waals surface area contributed by atoms with Crippen molar-refractivity contribution in [2.45, 2.75) is 0 Å². The third kappa shape index (κ3) is 4.07. The van der Waals surface area contributed by atoms with Crippen LogP contribution in [0, 0.1) is 0 Å². The summed E-state index contributed by atoms with van der Waals surface area (Å²) in [6, 6.07) is 14.7. The van der Waals surface area contributed by atoms with Crippen LogP contribution in [0.3, 0.4) is 0 Å². The number of hydrogen-bond donors (Lipinski definition) is 2. The first kappa shape index (κ1) is 17.6. The number of ether oxygens (including phenoxy) is 2. The van der Waals surface area contributed by atoms with Gasteiger partial charge in [0.15, 0.2) is 0 Å². The van der Waals surface area contributed by atoms with Gasteiger partial charge in [-0.2, -0.15) is 4.98 Å². The second-order valence-corrected chi connectivity index (χ2v) is 5.53. The Hall–Kier alpha value is -3.19. The highest BCUT2D eigenvalue weighted by atomic mass is 16.5. The highest BCUT2D eigenvalue weighted by molar-refractivity contribution is 5.91. The average Bonchev–Trinajstić information content (AvgIpc) is 2.68. The fourth-order valence-electron chi connectivity index (χ4n) is 2.48. The van der Waals surface area contributed by atoms with Crippen molar-refractivity contribution in [3.8, 4) is 0 Å². The molecule has 0 spiro atoms. The SMILES string of the molecule is COCCNc1nc(Nc2ccc(C(=O)OC)cc2)nc2ccccc12. The van der Waals surface area contributed by atoms with E-state index < -0.39 is 0 Å². The molecule has 0 radical (unpaired) electrons. The Morgan fingerprint density at radius 3 is 2.54 bits per heavy atom. The summed E-state index contributed by atoms with van der Waals surface area (Å²) in [5.41, 5.74) is 2.09. The van der Waals surface area contributed by atoms with Gasteiger partial charge in [0, 0.05) is 24.7 Å². The summed E-state index contributed by atoms with van der Waals surface area (Å²) in [4.78, 5) is 20.6. The van der Waals surface area contributed by atoms with E-state index in [1.54, 1.807) is 31.4 Å². The normalized spacial score (nSPS) is 10.5. The number of benzene rings is 2. The van der Waals surface area contributed by atoms with Gasteiger partial charge in [-0.15, -0.1) is 0 Å². The molecule has 0 aliphatic rings. The van der Waals surface area contributed by atoms with Gasteiger partial charge in [0.2, 0.25) is 5.95 Å². The molecule has 0 aliphatic carbocycles. The molecule has 7 heteroatoms. The number of esters is 1. The third-order valence-corrected chi connectivity index (χ3v) is 3.76. The van der Waals surface area contributed by atoms with Gasteiger partial charge in [-0.25, -0.2) is 9.78 Å². The summed E-state index contributed by atoms with van der Waals surface area (Å²) in [5.74, 6) is 0.832. The molecule has 2 aromatic carbocycles. The lowest BCUT2D eigenvalue weighted by Crippen LogP contribution is -2.10. The van der Waals surface area contributed by atoms with Crippen molar-refractivity contribution >= 4 is 34.3 Å². The van der Waals surface area contributed by atoms with Crippen LogP contribution < -0.4 is 10.6 Å². The van der Waals surface area contributed by atoms with E-state index in [1.165, 1.54) is 7.11 Å². The number of hydrogen-bond acceptors (Lipinski definition) is 7. The van der Waals surface area contributed by atoms with Gasteiger partial charge in [0.1, 0.15) is 5.82 Å². The maximum atomic E-state index is 11.5. The van der Waals surface area contributed by atoms with E-state index in [0.29, 0.717) is 24.7 Å². The molecule has 134 valence electrons. The topological polar surface area (TPSA) is 85.4 Å². The van der Waals surface area contributed by atoms with Crippen molar-refractivity contribution in [3.63, 3.8) is 0 Å². The largest absolute Gasteiger partial charge is 0.465 e. The maximum absolute atomic E-state index is 11.5. The van der Waals surface area contributed by atoms with Crippen molar-refractivity contribution in [1.29, 1.82) is 0 Å². The number of methoxy groups -OCH3 is 2. The van der Waals surface area contributed by atoms with Gasteiger partial charge >= 0.3 is 5.97 Å². The number of aromatic nitrogens is 2. The molecule has 1 aromatic heterocycles. The molecule has 0 aliphatic heterocycles. The van der Waals surface area contributed by atoms with Crippen molar-refractivity contribution in [2.24, 2.45) is 0 Å². The summed E-state index contributed by atoms with van der Waals surface area (Å²) >= 11 is 0. The van der Waals surface area contributed by atoms with Gasteiger partial charge in [0.25, 0.3) is 0 Å². The zero-order valence-electron chi connectivity index (χ0n) is 14.7. The third-order valence-electron chi connectivity index (χ3n) is 3.76. The fourth-order valence-corrected chi connectivity index (χ4v) is 2.48. The molecule has 0 saturated heterocycles. The van der Waals surface area contributed by atoms with Crippen LogP contribution in [0.5, 0.6) is 0 Å². The van der Waals surface area contributed by atoms with Crippen LogP contribution in [0.15, 0.2) is 48.5 Å². The maximum Gasteiger partial charge on any atom is 0.337 e. The second kappa shape index (κ2) is 8.26. The predicted octanol–water partition coefficient (Wildman–Crippen LogP) is 3.22. The molecule has 0 unspecified atom stereocenters. The molecule has 2 N–H and O–H groups in total. The number of carbonyl (C=O) groups excluding carboxylic acids is 1. The lowest BCUT2D eigenvalue weighted by atomic mass is 10.2. The summed E-state index contributed by atoms with van der Waals surface area (Å²) < 4.78 is 9.78.